The number of aliphatic hydroxyl groups is 2. The smallest absolute Gasteiger partial charge is 0.330 e. The molecule has 55 heteroatoms. The number of nitrogens with zero attached hydrogens (tertiary/aromatic N) is 15. The topological polar surface area (TPSA) is 570 Å². The molecule has 105 heavy (non-hydrogen) atoms. The number of aromatic amines is 1. The highest BCUT2D eigenvalue weighted by Crippen LogP contribution is 2.57. The molecule has 5 fully saturated rings. The van der Waals surface area contributed by atoms with Crippen LogP contribution in [0.1, 0.15) is 30.7 Å². The summed E-state index contributed by atoms with van der Waals surface area (Å²) in [7, 11) is 0. The van der Waals surface area contributed by atoms with Crippen molar-refractivity contribution >= 4 is 143 Å². The van der Waals surface area contributed by atoms with Crippen LogP contribution in [-0.4, -0.2) is 243 Å². The minimum Gasteiger partial charge on any atom is -0.394 e. The number of anilines is 8. The fourth-order valence-electron chi connectivity index (χ4n) is 12.6. The number of halogens is 4. The number of aliphatic hydroxyl groups excluding tert-OH is 2. The van der Waals surface area contributed by atoms with Gasteiger partial charge in [-0.3, -0.25) is 41.6 Å². The number of fused-ring (bicyclic) bond motifs is 4. The van der Waals surface area contributed by atoms with E-state index >= 15 is 17.6 Å². The highest BCUT2D eigenvalue weighted by atomic mass is 32.5. The summed E-state index contributed by atoms with van der Waals surface area (Å²) in [5, 5.41) is 27.1. The summed E-state index contributed by atoms with van der Waals surface area (Å²) in [5.74, 6) is -0.0991. The number of alkyl halides is 4. The van der Waals surface area contributed by atoms with E-state index in [1.807, 2.05) is 0 Å². The Morgan fingerprint density at radius 3 is 1.32 bits per heavy atom. The van der Waals surface area contributed by atoms with Gasteiger partial charge in [0.1, 0.15) is 109 Å². The van der Waals surface area contributed by atoms with Crippen LogP contribution in [0.2, 0.25) is 0 Å². The lowest BCUT2D eigenvalue weighted by Crippen LogP contribution is -2.43. The van der Waals surface area contributed by atoms with E-state index in [1.165, 1.54) is 22.9 Å². The maximum atomic E-state index is 17.5. The molecule has 0 aliphatic carbocycles. The molecule has 0 aromatic carbocycles. The summed E-state index contributed by atoms with van der Waals surface area (Å²) in [6.07, 6.45) is -27.1. The summed E-state index contributed by atoms with van der Waals surface area (Å²) in [5.41, 5.74) is 23.2. The summed E-state index contributed by atoms with van der Waals surface area (Å²) in [6.45, 7) is -22.8. The third-order valence-electron chi connectivity index (χ3n) is 17.6. The van der Waals surface area contributed by atoms with Crippen LogP contribution >= 0.6 is 26.9 Å². The number of aromatic nitrogens is 14. The highest BCUT2D eigenvalue weighted by molar-refractivity contribution is 8.08. The van der Waals surface area contributed by atoms with Crippen LogP contribution in [0.5, 0.6) is 0 Å². The van der Waals surface area contributed by atoms with Crippen LogP contribution < -0.4 is 54.6 Å². The largest absolute Gasteiger partial charge is 0.394 e. The third-order valence-corrected chi connectivity index (χ3v) is 23.8. The fourth-order valence-corrected chi connectivity index (χ4v) is 18.3. The van der Waals surface area contributed by atoms with Gasteiger partial charge in [-0.1, -0.05) is 0 Å². The SMILES string of the molecule is Cc1cn([C@H]2C[C@H](O)[C@@H](COP(O)(=S)OC3C(COP(O)(=S)OC4[C@@H](F)[C@H](n5cnc6c(N)ncnc65)O[C@@H]4COP(O)(=S)OC4[C@@H](F)[C@H](N5CNc6c(N)ncnc65)O[C@@H]4COP(O)(=S)OC4[C@@H](F)[C@H](n5cnc6c(N)ncnc65)O[C@@H]4CO)O[C@@H](N4CNc5c(N)ncnc54)[C@@H]3F)O2)c(=O)[nH]c1=O. The molecule has 570 valence electrons. The first-order valence-corrected chi connectivity index (χ1v) is 41.4. The molecular weight excluding hydrogens is 1570 g/mol. The summed E-state index contributed by atoms with van der Waals surface area (Å²) in [4.78, 5) is 117. The molecule has 17 N–H and O–H groups in total. The van der Waals surface area contributed by atoms with Crippen molar-refractivity contribution in [1.29, 1.82) is 0 Å². The van der Waals surface area contributed by atoms with Crippen molar-refractivity contribution < 1.29 is 107 Å². The quantitative estimate of drug-likeness (QED) is 0.0227. The molecule has 0 bridgehead atoms. The van der Waals surface area contributed by atoms with Gasteiger partial charge in [-0.05, 0) is 54.2 Å². The standard InChI is InChI=1S/C50H62F4N22O21P4S4/c1-17-3-72(50(80)71-45(17)79)24-2-18(78)20(89-24)5-85-98(81,102)95-34-22(92-47(26(34)52)74-14-68-30-38(56)60-10-64-42(30)74)7-87-100(83,104)97-36-23(93-49(28(36)54)76-16-70-32-40(58)62-12-66-44(32)76)8-88-101(84,105)96-35-21(91-48(27(35)53)75-15-69-31-39(57)61-11-65-43(31)75)6-86-99(82,103)94-33-19(4-77)90-46(25(33)51)73-13-67-29-37(55)59-9-63-41(29)73/h3,9-13,16,18-28,33-36,46-49,68-69,77-78H,2,4-8,14-15H2,1H3,(H,81,102)(H,82,103)(H,83,104)(H,84,105)(H2,55,59,63)(H2,56,60,64)(H2,57,61,65)(H2,58,62,66)(H,71,79,80)/t18-,19+,20+,21+,22?,23+,24+,25+,26+,27+,28+,33?,34?,35?,36?,46+,47+,48+,49+,98?,99?,100?,101?/m0/s1. The Kier molecular flexibility index (Phi) is 21.4. The van der Waals surface area contributed by atoms with E-state index in [-0.39, 0.29) is 93.9 Å². The second-order valence-corrected chi connectivity index (χ2v) is 35.3. The second kappa shape index (κ2) is 29.7. The van der Waals surface area contributed by atoms with Crippen LogP contribution in [0, 0.1) is 6.92 Å². The van der Waals surface area contributed by atoms with Crippen molar-refractivity contribution in [2.45, 2.75) is 130 Å². The summed E-state index contributed by atoms with van der Waals surface area (Å²) < 4.78 is 148. The zero-order valence-corrected chi connectivity index (χ0v) is 60.3. The number of ether oxygens (including phenoxy) is 5. The molecule has 14 heterocycles. The maximum Gasteiger partial charge on any atom is 0.330 e. The number of aryl methyl sites for hydroxylation is 1. The normalized spacial score (nSPS) is 32.5. The minimum absolute atomic E-state index is 0.0117. The molecule has 0 radical (unpaired) electrons. The number of hydrogen-bond donors (Lipinski definition) is 13. The summed E-state index contributed by atoms with van der Waals surface area (Å²) >= 11 is 21.6. The van der Waals surface area contributed by atoms with Gasteiger partial charge in [0.2, 0.25) is 0 Å². The van der Waals surface area contributed by atoms with Crippen LogP contribution in [0.3, 0.4) is 0 Å². The average Bonchev–Trinajstić information content (AvgIpc) is 1.61. The molecule has 0 saturated carbocycles. The highest BCUT2D eigenvalue weighted by Gasteiger charge is 2.57. The first kappa shape index (κ1) is 75.7. The van der Waals surface area contributed by atoms with Crippen LogP contribution in [0.25, 0.3) is 22.3 Å². The van der Waals surface area contributed by atoms with Gasteiger partial charge in [0.15, 0.2) is 95.8 Å². The first-order chi connectivity index (χ1) is 49.9. The molecule has 43 nitrogen and oxygen atoms in total. The van der Waals surface area contributed by atoms with E-state index in [9.17, 15) is 39.4 Å². The van der Waals surface area contributed by atoms with Crippen LogP contribution in [0.4, 0.5) is 63.8 Å². The molecule has 23 atom stereocenters. The van der Waals surface area contributed by atoms with Crippen LogP contribution in [0.15, 0.2) is 53.7 Å². The van der Waals surface area contributed by atoms with Crippen molar-refractivity contribution in [3.05, 3.63) is 70.6 Å². The molecular formula is C50H62F4N22O21P4S4. The van der Waals surface area contributed by atoms with Gasteiger partial charge in [-0.25, -0.2) is 72.2 Å². The number of imidazole rings is 2. The summed E-state index contributed by atoms with van der Waals surface area (Å²) in [6, 6.07) is 0. The van der Waals surface area contributed by atoms with Crippen molar-refractivity contribution in [3.63, 3.8) is 0 Å². The van der Waals surface area contributed by atoms with Crippen molar-refractivity contribution in [1.82, 2.24) is 68.5 Å². The molecule has 7 aliphatic rings. The third kappa shape index (κ3) is 15.1. The monoisotopic (exact) mass is 1630 g/mol. The zero-order valence-electron chi connectivity index (χ0n) is 53.4. The Morgan fingerprint density at radius 2 is 0.895 bits per heavy atom. The van der Waals surface area contributed by atoms with E-state index in [1.54, 1.807) is 0 Å². The van der Waals surface area contributed by atoms with Gasteiger partial charge in [-0.15, -0.1) is 0 Å². The molecule has 7 aromatic heterocycles. The van der Waals surface area contributed by atoms with Gasteiger partial charge in [0.05, 0.1) is 65.1 Å². The molecule has 0 amide bonds. The lowest BCUT2D eigenvalue weighted by molar-refractivity contribution is -0.0515. The van der Waals surface area contributed by atoms with Crippen LogP contribution in [-0.2, 0) is 107 Å². The van der Waals surface area contributed by atoms with Crippen molar-refractivity contribution in [3.8, 4) is 0 Å². The lowest BCUT2D eigenvalue weighted by Gasteiger charge is -2.29. The number of nitrogens with one attached hydrogen (secondary N) is 3. The minimum atomic E-state index is -4.96. The van der Waals surface area contributed by atoms with E-state index in [0.29, 0.717) is 0 Å². The predicted octanol–water partition coefficient (Wildman–Crippen LogP) is -1.08. The molecule has 0 spiro atoms. The van der Waals surface area contributed by atoms with E-state index < -0.39 is 188 Å². The molecule has 9 unspecified atom stereocenters. The van der Waals surface area contributed by atoms with Gasteiger partial charge >= 0.3 is 32.6 Å². The maximum absolute atomic E-state index is 17.5. The average molecular weight is 1640 g/mol. The number of H-pyrrole nitrogens is 1. The lowest BCUT2D eigenvalue weighted by atomic mass is 10.1. The van der Waals surface area contributed by atoms with Gasteiger partial charge in [-0.2, -0.15) is 0 Å². The molecule has 7 aromatic rings. The van der Waals surface area contributed by atoms with E-state index in [2.05, 4.69) is 65.5 Å². The Morgan fingerprint density at radius 1 is 0.524 bits per heavy atom. The van der Waals surface area contributed by atoms with Gasteiger partial charge in [0, 0.05) is 18.2 Å². The van der Waals surface area contributed by atoms with E-state index in [4.69, 9.17) is 130 Å². The fraction of sp³-hybridized carbons (Fsp3) is 0.560. The number of rotatable bonds is 26. The molecule has 7 aliphatic heterocycles. The van der Waals surface area contributed by atoms with Gasteiger partial charge in [0.25, 0.3) is 5.56 Å². The van der Waals surface area contributed by atoms with Gasteiger partial charge < -0.3 is 115 Å². The Bertz CT molecular complexity index is 4780. The Hall–Kier alpha value is -6.10. The Balaban J connectivity index is 0.687. The van der Waals surface area contributed by atoms with E-state index in [0.717, 1.165) is 51.7 Å². The predicted molar refractivity (Wildman–Crippen MR) is 366 cm³/mol. The number of hydrogen-bond acceptors (Lipinski definition) is 39. The molecule has 14 rings (SSSR count). The Labute approximate surface area is 606 Å². The molecule has 5 saturated heterocycles. The van der Waals surface area contributed by atoms with Crippen molar-refractivity contribution in [2.24, 2.45) is 0 Å². The number of nitrogens with two attached hydrogens (primary N) is 4. The first-order valence-electron chi connectivity index (χ1n) is 31.0. The zero-order chi connectivity index (χ0) is 74.5. The second-order valence-electron chi connectivity index (χ2n) is 24.2. The van der Waals surface area contributed by atoms with Crippen molar-refractivity contribution in [2.75, 3.05) is 89.7 Å². The number of nitrogen functional groups attached to an aromatic ring is 4.